The molecule has 0 spiro atoms. The van der Waals surface area contributed by atoms with E-state index >= 15 is 0 Å². The van der Waals surface area contributed by atoms with Crippen LogP contribution in [0.2, 0.25) is 5.22 Å². The van der Waals surface area contributed by atoms with Crippen molar-refractivity contribution in [3.05, 3.63) is 47.4 Å². The third-order valence-corrected chi connectivity index (χ3v) is 2.07. The second-order valence-corrected chi connectivity index (χ2v) is 3.43. The SMILES string of the molecule is Nc1ccc(OC(=O)c2ccc(Cl)o2)cc1. The monoisotopic (exact) mass is 237 g/mol. The minimum absolute atomic E-state index is 0.0572. The molecule has 2 N–H and O–H groups in total. The first-order valence-corrected chi connectivity index (χ1v) is 4.86. The molecule has 5 heteroatoms. The van der Waals surface area contributed by atoms with Crippen molar-refractivity contribution in [3.8, 4) is 5.75 Å². The third kappa shape index (κ3) is 2.35. The van der Waals surface area contributed by atoms with Crippen LogP contribution in [0.15, 0.2) is 40.8 Å². The lowest BCUT2D eigenvalue weighted by Crippen LogP contribution is -2.06. The number of carbonyl (C=O) groups excluding carboxylic acids is 1. The summed E-state index contributed by atoms with van der Waals surface area (Å²) in [4.78, 5) is 11.5. The maximum absolute atomic E-state index is 11.5. The van der Waals surface area contributed by atoms with Crippen molar-refractivity contribution in [1.29, 1.82) is 0 Å². The maximum Gasteiger partial charge on any atom is 0.379 e. The van der Waals surface area contributed by atoms with E-state index in [0.29, 0.717) is 11.4 Å². The molecule has 1 aromatic heterocycles. The van der Waals surface area contributed by atoms with Crippen molar-refractivity contribution >= 4 is 23.3 Å². The average Bonchev–Trinajstić information content (AvgIpc) is 2.68. The normalized spacial score (nSPS) is 10.1. The Labute approximate surface area is 96.6 Å². The van der Waals surface area contributed by atoms with E-state index in [2.05, 4.69) is 0 Å². The molecule has 0 amide bonds. The Bertz CT molecular complexity index is 504. The van der Waals surface area contributed by atoms with Gasteiger partial charge in [-0.15, -0.1) is 0 Å². The van der Waals surface area contributed by atoms with Gasteiger partial charge in [-0.1, -0.05) is 0 Å². The first-order chi connectivity index (χ1) is 7.65. The number of hydrogen-bond acceptors (Lipinski definition) is 4. The Hall–Kier alpha value is -1.94. The summed E-state index contributed by atoms with van der Waals surface area (Å²) in [5, 5.41) is 0.143. The van der Waals surface area contributed by atoms with Gasteiger partial charge in [0.1, 0.15) is 5.75 Å². The van der Waals surface area contributed by atoms with Crippen LogP contribution in [-0.4, -0.2) is 5.97 Å². The smallest absolute Gasteiger partial charge is 0.379 e. The highest BCUT2D eigenvalue weighted by molar-refractivity contribution is 6.29. The number of esters is 1. The van der Waals surface area contributed by atoms with E-state index in [1.807, 2.05) is 0 Å². The molecular weight excluding hydrogens is 230 g/mol. The summed E-state index contributed by atoms with van der Waals surface area (Å²) >= 11 is 5.54. The van der Waals surface area contributed by atoms with Gasteiger partial charge in [-0.2, -0.15) is 0 Å². The zero-order chi connectivity index (χ0) is 11.5. The van der Waals surface area contributed by atoms with Gasteiger partial charge in [0, 0.05) is 5.69 Å². The molecule has 4 nitrogen and oxygen atoms in total. The standard InChI is InChI=1S/C11H8ClNO3/c12-10-6-5-9(16-10)11(14)15-8-3-1-7(13)2-4-8/h1-6H,13H2. The first kappa shape index (κ1) is 10.6. The molecule has 0 fully saturated rings. The summed E-state index contributed by atoms with van der Waals surface area (Å²) < 4.78 is 9.93. The van der Waals surface area contributed by atoms with Crippen molar-refractivity contribution in [2.75, 3.05) is 5.73 Å². The summed E-state index contributed by atoms with van der Waals surface area (Å²) in [7, 11) is 0. The number of nitrogen functional groups attached to an aromatic ring is 1. The summed E-state index contributed by atoms with van der Waals surface area (Å²) in [6, 6.07) is 9.38. The molecule has 16 heavy (non-hydrogen) atoms. The lowest BCUT2D eigenvalue weighted by Gasteiger charge is -2.01. The van der Waals surface area contributed by atoms with Gasteiger partial charge in [0.2, 0.25) is 5.76 Å². The van der Waals surface area contributed by atoms with Gasteiger partial charge >= 0.3 is 5.97 Å². The molecule has 0 aliphatic rings. The molecule has 0 bridgehead atoms. The number of benzene rings is 1. The van der Waals surface area contributed by atoms with Crippen molar-refractivity contribution in [2.45, 2.75) is 0 Å². The fraction of sp³-hybridized carbons (Fsp3) is 0. The van der Waals surface area contributed by atoms with E-state index < -0.39 is 5.97 Å². The van der Waals surface area contributed by atoms with E-state index in [-0.39, 0.29) is 11.0 Å². The van der Waals surface area contributed by atoms with Crippen molar-refractivity contribution in [3.63, 3.8) is 0 Å². The van der Waals surface area contributed by atoms with E-state index in [1.165, 1.54) is 12.1 Å². The molecule has 2 aromatic rings. The molecule has 0 saturated carbocycles. The van der Waals surface area contributed by atoms with Crippen LogP contribution in [0, 0.1) is 0 Å². The number of carbonyl (C=O) groups is 1. The summed E-state index contributed by atoms with van der Waals surface area (Å²) in [5.74, 6) is -0.148. The Balaban J connectivity index is 2.10. The predicted octanol–water partition coefficient (Wildman–Crippen LogP) is 2.73. The van der Waals surface area contributed by atoms with Crippen molar-refractivity contribution in [2.24, 2.45) is 0 Å². The highest BCUT2D eigenvalue weighted by atomic mass is 35.5. The number of hydrogen-bond donors (Lipinski definition) is 1. The molecule has 82 valence electrons. The minimum Gasteiger partial charge on any atom is -0.438 e. The lowest BCUT2D eigenvalue weighted by molar-refractivity contribution is 0.0701. The number of anilines is 1. The largest absolute Gasteiger partial charge is 0.438 e. The predicted molar refractivity (Wildman–Crippen MR) is 59.5 cm³/mol. The average molecular weight is 238 g/mol. The second kappa shape index (κ2) is 4.28. The van der Waals surface area contributed by atoms with Gasteiger partial charge in [-0.25, -0.2) is 4.79 Å². The molecule has 2 rings (SSSR count). The van der Waals surface area contributed by atoms with Crippen LogP contribution in [0.1, 0.15) is 10.6 Å². The summed E-state index contributed by atoms with van der Waals surface area (Å²) in [6.45, 7) is 0. The van der Waals surface area contributed by atoms with E-state index in [4.69, 9.17) is 26.5 Å². The van der Waals surface area contributed by atoms with Gasteiger partial charge in [0.25, 0.3) is 0 Å². The van der Waals surface area contributed by atoms with E-state index in [1.54, 1.807) is 24.3 Å². The third-order valence-electron chi connectivity index (χ3n) is 1.87. The summed E-state index contributed by atoms with van der Waals surface area (Å²) in [6.07, 6.45) is 0. The number of halogens is 1. The van der Waals surface area contributed by atoms with Crippen molar-refractivity contribution in [1.82, 2.24) is 0 Å². The van der Waals surface area contributed by atoms with E-state index in [0.717, 1.165) is 0 Å². The summed E-state index contributed by atoms with van der Waals surface area (Å²) in [5.41, 5.74) is 6.09. The number of rotatable bonds is 2. The Morgan fingerprint density at radius 3 is 2.44 bits per heavy atom. The number of furan rings is 1. The van der Waals surface area contributed by atoms with Gasteiger partial charge < -0.3 is 14.9 Å². The van der Waals surface area contributed by atoms with Crippen LogP contribution in [0.25, 0.3) is 0 Å². The molecule has 0 radical (unpaired) electrons. The van der Waals surface area contributed by atoms with Gasteiger partial charge in [0.05, 0.1) is 0 Å². The van der Waals surface area contributed by atoms with Crippen molar-refractivity contribution < 1.29 is 13.9 Å². The molecule has 0 atom stereocenters. The Morgan fingerprint density at radius 1 is 1.19 bits per heavy atom. The second-order valence-electron chi connectivity index (χ2n) is 3.06. The molecule has 1 heterocycles. The zero-order valence-electron chi connectivity index (χ0n) is 8.14. The maximum atomic E-state index is 11.5. The fourth-order valence-corrected chi connectivity index (χ4v) is 1.26. The van der Waals surface area contributed by atoms with Crippen LogP contribution in [0.3, 0.4) is 0 Å². The molecular formula is C11H8ClNO3. The molecule has 0 saturated heterocycles. The molecule has 0 aliphatic heterocycles. The Kier molecular flexibility index (Phi) is 2.83. The zero-order valence-corrected chi connectivity index (χ0v) is 8.90. The molecule has 1 aromatic carbocycles. The fourth-order valence-electron chi connectivity index (χ4n) is 1.12. The number of nitrogens with two attached hydrogens (primary N) is 1. The minimum atomic E-state index is -0.600. The van der Waals surface area contributed by atoms with Gasteiger partial charge in [-0.3, -0.25) is 0 Å². The quantitative estimate of drug-likeness (QED) is 0.496. The Morgan fingerprint density at radius 2 is 1.88 bits per heavy atom. The first-order valence-electron chi connectivity index (χ1n) is 4.48. The topological polar surface area (TPSA) is 65.5 Å². The highest BCUT2D eigenvalue weighted by Crippen LogP contribution is 2.17. The van der Waals surface area contributed by atoms with Crippen LogP contribution < -0.4 is 10.5 Å². The highest BCUT2D eigenvalue weighted by Gasteiger charge is 2.12. The van der Waals surface area contributed by atoms with Gasteiger partial charge in [0.15, 0.2) is 5.22 Å². The van der Waals surface area contributed by atoms with Gasteiger partial charge in [-0.05, 0) is 48.0 Å². The number of ether oxygens (including phenoxy) is 1. The van der Waals surface area contributed by atoms with Crippen LogP contribution in [0.4, 0.5) is 5.69 Å². The molecule has 0 unspecified atom stereocenters. The van der Waals surface area contributed by atoms with Crippen LogP contribution in [0.5, 0.6) is 5.75 Å². The van der Waals surface area contributed by atoms with Crippen LogP contribution in [-0.2, 0) is 0 Å². The van der Waals surface area contributed by atoms with Crippen LogP contribution >= 0.6 is 11.6 Å². The molecule has 0 aliphatic carbocycles. The lowest BCUT2D eigenvalue weighted by atomic mass is 10.3. The van der Waals surface area contributed by atoms with E-state index in [9.17, 15) is 4.79 Å².